The van der Waals surface area contributed by atoms with Crippen molar-refractivity contribution in [1.29, 1.82) is 0 Å². The van der Waals surface area contributed by atoms with Crippen LogP contribution in [0.4, 0.5) is 13.6 Å². The Balaban J connectivity index is 1.65. The Bertz CT molecular complexity index is 1250. The van der Waals surface area contributed by atoms with E-state index in [1.807, 2.05) is 0 Å². The maximum absolute atomic E-state index is 13.9. The van der Waals surface area contributed by atoms with Crippen molar-refractivity contribution in [1.82, 2.24) is 14.8 Å². The zero-order valence-electron chi connectivity index (χ0n) is 18.5. The van der Waals surface area contributed by atoms with Crippen LogP contribution in [0.25, 0.3) is 0 Å². The van der Waals surface area contributed by atoms with E-state index in [2.05, 4.69) is 10.1 Å². The van der Waals surface area contributed by atoms with Gasteiger partial charge in [-0.2, -0.15) is 0 Å². The van der Waals surface area contributed by atoms with Gasteiger partial charge in [0.25, 0.3) is 11.8 Å². The summed E-state index contributed by atoms with van der Waals surface area (Å²) < 4.78 is 43.8. The number of nitrogens with zero attached hydrogens (tertiary/aromatic N) is 2. The molecule has 1 aromatic heterocycles. The fourth-order valence-corrected chi connectivity index (χ4v) is 3.96. The fourth-order valence-electron chi connectivity index (χ4n) is 3.96. The van der Waals surface area contributed by atoms with Crippen molar-refractivity contribution < 1.29 is 42.5 Å². The van der Waals surface area contributed by atoms with Crippen LogP contribution in [-0.2, 0) is 22.6 Å². The van der Waals surface area contributed by atoms with Crippen LogP contribution in [-0.4, -0.2) is 64.6 Å². The third kappa shape index (κ3) is 4.80. The summed E-state index contributed by atoms with van der Waals surface area (Å²) >= 11 is 0. The highest BCUT2D eigenvalue weighted by Gasteiger charge is 2.43. The number of benzene rings is 1. The molecule has 0 aliphatic carbocycles. The number of aromatic nitrogens is 1. The molecule has 1 aromatic carbocycles. The van der Waals surface area contributed by atoms with Crippen molar-refractivity contribution in [2.45, 2.75) is 32.3 Å². The maximum Gasteiger partial charge on any atom is 0.505 e. The highest BCUT2D eigenvalue weighted by Crippen LogP contribution is 2.30. The number of hydrogen-bond donors (Lipinski definition) is 2. The van der Waals surface area contributed by atoms with Crippen molar-refractivity contribution in [3.63, 3.8) is 0 Å². The quantitative estimate of drug-likeness (QED) is 0.436. The molecule has 0 saturated carbocycles. The molecular weight excluding hydrogens is 472 g/mol. The van der Waals surface area contributed by atoms with Gasteiger partial charge < -0.3 is 34.1 Å². The number of pyridine rings is 1. The normalized spacial score (nSPS) is 18.6. The SMILES string of the molecule is C[C@H]1CO[C@@H]2Cn3cc(C(=O)NCc4ccc(F)cc4F)c(=O)c(OCCOC(=O)O)c3C(=O)N12. The first-order valence-electron chi connectivity index (χ1n) is 10.6. The summed E-state index contributed by atoms with van der Waals surface area (Å²) in [7, 11) is 0. The van der Waals surface area contributed by atoms with E-state index in [4.69, 9.17) is 14.6 Å². The minimum atomic E-state index is -1.55. The van der Waals surface area contributed by atoms with Crippen molar-refractivity contribution in [3.8, 4) is 5.75 Å². The zero-order chi connectivity index (χ0) is 25.3. The summed E-state index contributed by atoms with van der Waals surface area (Å²) in [5.41, 5.74) is -1.42. The van der Waals surface area contributed by atoms with Gasteiger partial charge in [0.1, 0.15) is 30.4 Å². The summed E-state index contributed by atoms with van der Waals surface area (Å²) in [4.78, 5) is 51.2. The summed E-state index contributed by atoms with van der Waals surface area (Å²) in [5.74, 6) is -3.51. The van der Waals surface area contributed by atoms with Gasteiger partial charge in [0.05, 0.1) is 19.2 Å². The highest BCUT2D eigenvalue weighted by molar-refractivity contribution is 5.99. The summed E-state index contributed by atoms with van der Waals surface area (Å²) in [6, 6.07) is 2.60. The molecule has 2 aliphatic rings. The molecule has 2 amide bonds. The standard InChI is InChI=1S/C22H21F2N3O8/c1-11-10-35-16-9-26-8-14(20(29)25-7-12-2-3-13(23)6-15(12)24)18(28)19(17(26)21(30)27(11)16)33-4-5-34-22(31)32/h2-3,6,8,11,16H,4-5,7,9-10H2,1H3,(H,25,29)(H,31,32)/t11-,16+/m0/s1. The second-order valence-electron chi connectivity index (χ2n) is 7.93. The van der Waals surface area contributed by atoms with Gasteiger partial charge in [-0.15, -0.1) is 0 Å². The number of halogens is 2. The van der Waals surface area contributed by atoms with Crippen LogP contribution in [0.3, 0.4) is 0 Å². The van der Waals surface area contributed by atoms with E-state index in [0.717, 1.165) is 12.1 Å². The molecule has 2 atom stereocenters. The molecule has 35 heavy (non-hydrogen) atoms. The Morgan fingerprint density at radius 2 is 2.03 bits per heavy atom. The second kappa shape index (κ2) is 9.70. The van der Waals surface area contributed by atoms with Crippen LogP contribution >= 0.6 is 0 Å². The van der Waals surface area contributed by atoms with E-state index in [1.54, 1.807) is 6.92 Å². The molecule has 0 spiro atoms. The minimum absolute atomic E-state index is 0.000678. The molecule has 0 radical (unpaired) electrons. The number of carbonyl (C=O) groups excluding carboxylic acids is 2. The topological polar surface area (TPSA) is 136 Å². The number of amides is 2. The molecular formula is C22H21F2N3O8. The van der Waals surface area contributed by atoms with Crippen molar-refractivity contribution >= 4 is 18.0 Å². The predicted molar refractivity (Wildman–Crippen MR) is 113 cm³/mol. The molecule has 1 fully saturated rings. The number of hydrogen-bond acceptors (Lipinski definition) is 7. The van der Waals surface area contributed by atoms with Gasteiger partial charge in [-0.3, -0.25) is 14.4 Å². The molecule has 186 valence electrons. The lowest BCUT2D eigenvalue weighted by Crippen LogP contribution is -2.49. The molecule has 0 bridgehead atoms. The third-order valence-corrected chi connectivity index (χ3v) is 5.60. The van der Waals surface area contributed by atoms with Crippen LogP contribution in [0, 0.1) is 11.6 Å². The second-order valence-corrected chi connectivity index (χ2v) is 7.93. The van der Waals surface area contributed by atoms with Crippen molar-refractivity contribution in [3.05, 3.63) is 63.1 Å². The number of nitrogens with one attached hydrogen (secondary N) is 1. The average Bonchev–Trinajstić information content (AvgIpc) is 3.17. The molecule has 1 saturated heterocycles. The number of ether oxygens (including phenoxy) is 3. The van der Waals surface area contributed by atoms with Gasteiger partial charge in [-0.1, -0.05) is 6.07 Å². The Hall–Kier alpha value is -4.00. The lowest BCUT2D eigenvalue weighted by molar-refractivity contribution is 0.00583. The molecule has 3 heterocycles. The summed E-state index contributed by atoms with van der Waals surface area (Å²) in [6.45, 7) is 1.04. The van der Waals surface area contributed by atoms with Gasteiger partial charge in [0.2, 0.25) is 5.43 Å². The molecule has 4 rings (SSSR count). The van der Waals surface area contributed by atoms with Gasteiger partial charge in [0, 0.05) is 24.4 Å². The van der Waals surface area contributed by atoms with Gasteiger partial charge >= 0.3 is 6.16 Å². The number of rotatable bonds is 7. The molecule has 2 aliphatic heterocycles. The largest absolute Gasteiger partial charge is 0.505 e. The first kappa shape index (κ1) is 24.1. The fraction of sp³-hybridized carbons (Fsp3) is 0.364. The van der Waals surface area contributed by atoms with Gasteiger partial charge in [-0.05, 0) is 13.0 Å². The van der Waals surface area contributed by atoms with E-state index < -0.39 is 59.2 Å². The summed E-state index contributed by atoms with van der Waals surface area (Å²) in [5, 5.41) is 11.0. The molecule has 0 unspecified atom stereocenters. The van der Waals surface area contributed by atoms with Gasteiger partial charge in [0.15, 0.2) is 17.7 Å². The number of carbonyl (C=O) groups is 3. The molecule has 2 aromatic rings. The summed E-state index contributed by atoms with van der Waals surface area (Å²) in [6.07, 6.45) is -0.966. The van der Waals surface area contributed by atoms with Crippen LogP contribution in [0.1, 0.15) is 33.3 Å². The molecule has 13 heteroatoms. The third-order valence-electron chi connectivity index (χ3n) is 5.60. The van der Waals surface area contributed by atoms with E-state index in [1.165, 1.54) is 15.7 Å². The lowest BCUT2D eigenvalue weighted by atomic mass is 10.1. The maximum atomic E-state index is 13.9. The predicted octanol–water partition coefficient (Wildman–Crippen LogP) is 1.33. The monoisotopic (exact) mass is 493 g/mol. The first-order valence-corrected chi connectivity index (χ1v) is 10.6. The lowest BCUT2D eigenvalue weighted by Gasteiger charge is -2.34. The Morgan fingerprint density at radius 1 is 1.26 bits per heavy atom. The smallest absolute Gasteiger partial charge is 0.484 e. The molecule has 2 N–H and O–H groups in total. The Morgan fingerprint density at radius 3 is 2.74 bits per heavy atom. The Kier molecular flexibility index (Phi) is 6.69. The van der Waals surface area contributed by atoms with Crippen molar-refractivity contribution in [2.75, 3.05) is 19.8 Å². The van der Waals surface area contributed by atoms with Crippen LogP contribution in [0.2, 0.25) is 0 Å². The minimum Gasteiger partial charge on any atom is -0.484 e. The van der Waals surface area contributed by atoms with E-state index in [0.29, 0.717) is 6.07 Å². The van der Waals surface area contributed by atoms with E-state index >= 15 is 0 Å². The number of carboxylic acid groups (broad SMARTS) is 1. The highest BCUT2D eigenvalue weighted by atomic mass is 19.1. The first-order chi connectivity index (χ1) is 16.7. The van der Waals surface area contributed by atoms with Crippen LogP contribution < -0.4 is 15.5 Å². The number of fused-ring (bicyclic) bond motifs is 2. The Labute approximate surface area is 196 Å². The van der Waals surface area contributed by atoms with E-state index in [-0.39, 0.29) is 43.6 Å². The molecule has 11 nitrogen and oxygen atoms in total. The van der Waals surface area contributed by atoms with Crippen LogP contribution in [0.15, 0.2) is 29.2 Å². The average molecular weight is 493 g/mol. The van der Waals surface area contributed by atoms with E-state index in [9.17, 15) is 28.0 Å². The van der Waals surface area contributed by atoms with Gasteiger partial charge in [-0.25, -0.2) is 13.6 Å². The zero-order valence-corrected chi connectivity index (χ0v) is 18.5. The van der Waals surface area contributed by atoms with Crippen LogP contribution in [0.5, 0.6) is 5.75 Å². The van der Waals surface area contributed by atoms with Crippen molar-refractivity contribution in [2.24, 2.45) is 0 Å².